The molecule has 0 radical (unpaired) electrons. The number of anilines is 1. The lowest BCUT2D eigenvalue weighted by atomic mass is 10.1. The molecule has 0 bridgehead atoms. The lowest BCUT2D eigenvalue weighted by Gasteiger charge is -2.31. The van der Waals surface area contributed by atoms with Crippen LogP contribution in [0.5, 0.6) is 5.75 Å². The van der Waals surface area contributed by atoms with Crippen LogP contribution in [0.1, 0.15) is 6.92 Å². The molecule has 1 aromatic rings. The van der Waals surface area contributed by atoms with Crippen LogP contribution in [0, 0.1) is 0 Å². The number of ether oxygens (including phenoxy) is 4. The van der Waals surface area contributed by atoms with E-state index in [9.17, 15) is 4.79 Å². The minimum atomic E-state index is -0.502. The number of carbonyl (C=O) groups excluding carboxylic acids is 1. The fourth-order valence-electron chi connectivity index (χ4n) is 2.17. The smallest absolute Gasteiger partial charge is 0.221 e. The number of benzene rings is 1. The molecule has 3 unspecified atom stereocenters. The van der Waals surface area contributed by atoms with Crippen LogP contribution in [0.4, 0.5) is 5.69 Å². The largest absolute Gasteiger partial charge is 0.461 e. The van der Waals surface area contributed by atoms with Gasteiger partial charge < -0.3 is 24.3 Å². The van der Waals surface area contributed by atoms with Crippen LogP contribution in [0.15, 0.2) is 36.4 Å². The summed E-state index contributed by atoms with van der Waals surface area (Å²) in [6, 6.07) is 7.09. The van der Waals surface area contributed by atoms with Crippen molar-refractivity contribution < 1.29 is 23.7 Å². The van der Waals surface area contributed by atoms with Gasteiger partial charge in [0.25, 0.3) is 0 Å². The third-order valence-corrected chi connectivity index (χ3v) is 3.16. The van der Waals surface area contributed by atoms with E-state index in [0.29, 0.717) is 12.4 Å². The van der Waals surface area contributed by atoms with E-state index in [1.807, 2.05) is 12.2 Å². The van der Waals surface area contributed by atoms with Gasteiger partial charge in [-0.15, -0.1) is 0 Å². The van der Waals surface area contributed by atoms with Gasteiger partial charge >= 0.3 is 0 Å². The lowest BCUT2D eigenvalue weighted by Crippen LogP contribution is -2.41. The maximum Gasteiger partial charge on any atom is 0.221 e. The Labute approximate surface area is 130 Å². The number of amides is 1. The van der Waals surface area contributed by atoms with Gasteiger partial charge in [-0.05, 0) is 30.3 Å². The summed E-state index contributed by atoms with van der Waals surface area (Å²) in [5.74, 6) is 0.538. The van der Waals surface area contributed by atoms with Crippen LogP contribution in [-0.4, -0.2) is 45.2 Å². The molecule has 1 aliphatic heterocycles. The van der Waals surface area contributed by atoms with Crippen LogP contribution in [-0.2, 0) is 19.0 Å². The van der Waals surface area contributed by atoms with Crippen molar-refractivity contribution in [3.8, 4) is 5.75 Å². The highest BCUT2D eigenvalue weighted by atomic mass is 16.7. The molecule has 0 aliphatic carbocycles. The Morgan fingerprint density at radius 2 is 1.95 bits per heavy atom. The maximum absolute atomic E-state index is 11.0. The van der Waals surface area contributed by atoms with Crippen LogP contribution < -0.4 is 10.1 Å². The van der Waals surface area contributed by atoms with E-state index in [1.54, 1.807) is 38.5 Å². The Kier molecular flexibility index (Phi) is 5.94. The minimum Gasteiger partial charge on any atom is -0.461 e. The summed E-state index contributed by atoms with van der Waals surface area (Å²) >= 11 is 0. The Morgan fingerprint density at radius 1 is 1.23 bits per heavy atom. The summed E-state index contributed by atoms with van der Waals surface area (Å²) in [7, 11) is 3.24. The van der Waals surface area contributed by atoms with Crippen molar-refractivity contribution in [2.45, 2.75) is 25.4 Å². The van der Waals surface area contributed by atoms with Crippen molar-refractivity contribution >= 4 is 11.6 Å². The van der Waals surface area contributed by atoms with E-state index in [0.717, 1.165) is 5.69 Å². The molecule has 6 nitrogen and oxygen atoms in total. The van der Waals surface area contributed by atoms with Gasteiger partial charge in [0.2, 0.25) is 12.2 Å². The van der Waals surface area contributed by atoms with Crippen LogP contribution >= 0.6 is 0 Å². The van der Waals surface area contributed by atoms with E-state index in [-0.39, 0.29) is 18.1 Å². The van der Waals surface area contributed by atoms with Gasteiger partial charge in [0.15, 0.2) is 0 Å². The van der Waals surface area contributed by atoms with E-state index in [4.69, 9.17) is 18.9 Å². The molecule has 1 amide bonds. The monoisotopic (exact) mass is 307 g/mol. The second kappa shape index (κ2) is 7.93. The normalized spacial score (nSPS) is 24.0. The van der Waals surface area contributed by atoms with Crippen molar-refractivity contribution in [1.29, 1.82) is 0 Å². The topological polar surface area (TPSA) is 66.0 Å². The molecule has 0 aromatic heterocycles. The average Bonchev–Trinajstić information content (AvgIpc) is 2.49. The Balaban J connectivity index is 1.97. The second-order valence-corrected chi connectivity index (χ2v) is 4.91. The van der Waals surface area contributed by atoms with Gasteiger partial charge in [0.1, 0.15) is 18.0 Å². The fraction of sp³-hybridized carbons (Fsp3) is 0.438. The Bertz CT molecular complexity index is 514. The van der Waals surface area contributed by atoms with Crippen LogP contribution in [0.2, 0.25) is 0 Å². The quantitative estimate of drug-likeness (QED) is 0.814. The highest BCUT2D eigenvalue weighted by molar-refractivity contribution is 5.88. The van der Waals surface area contributed by atoms with E-state index in [1.165, 1.54) is 6.92 Å². The molecule has 1 N–H and O–H groups in total. The van der Waals surface area contributed by atoms with Gasteiger partial charge in [-0.2, -0.15) is 0 Å². The molecule has 1 heterocycles. The zero-order chi connectivity index (χ0) is 15.9. The molecule has 22 heavy (non-hydrogen) atoms. The molecule has 0 spiro atoms. The minimum absolute atomic E-state index is 0.111. The first-order valence-corrected chi connectivity index (χ1v) is 7.02. The standard InChI is InChI=1S/C16H21NO5/c1-11(18)17-12-4-6-13(7-5-12)21-16-9-8-14(20-3)15(22-16)10-19-2/h4-9,14-16H,10H2,1-3H3,(H,17,18). The molecule has 6 heteroatoms. The van der Waals surface area contributed by atoms with Gasteiger partial charge in [-0.25, -0.2) is 0 Å². The summed E-state index contributed by atoms with van der Waals surface area (Å²) < 4.78 is 22.0. The van der Waals surface area contributed by atoms with E-state index < -0.39 is 6.29 Å². The van der Waals surface area contributed by atoms with Gasteiger partial charge in [-0.1, -0.05) is 6.08 Å². The van der Waals surface area contributed by atoms with Crippen molar-refractivity contribution in [3.63, 3.8) is 0 Å². The first-order chi connectivity index (χ1) is 10.6. The van der Waals surface area contributed by atoms with E-state index >= 15 is 0 Å². The summed E-state index contributed by atoms with van der Waals surface area (Å²) in [4.78, 5) is 11.0. The molecule has 120 valence electrons. The Morgan fingerprint density at radius 3 is 2.55 bits per heavy atom. The third kappa shape index (κ3) is 4.56. The van der Waals surface area contributed by atoms with Gasteiger partial charge in [0.05, 0.1) is 6.61 Å². The lowest BCUT2D eigenvalue weighted by molar-refractivity contribution is -0.152. The van der Waals surface area contributed by atoms with Crippen molar-refractivity contribution in [2.75, 3.05) is 26.1 Å². The summed E-state index contributed by atoms with van der Waals surface area (Å²) in [6.45, 7) is 1.89. The number of hydrogen-bond donors (Lipinski definition) is 1. The van der Waals surface area contributed by atoms with Crippen molar-refractivity contribution in [2.24, 2.45) is 0 Å². The number of rotatable bonds is 6. The average molecular weight is 307 g/mol. The predicted octanol–water partition coefficient (Wildman–Crippen LogP) is 1.97. The van der Waals surface area contributed by atoms with Crippen molar-refractivity contribution in [3.05, 3.63) is 36.4 Å². The zero-order valence-corrected chi connectivity index (χ0v) is 12.9. The Hall–Kier alpha value is -1.89. The molecular formula is C16H21NO5. The van der Waals surface area contributed by atoms with Gasteiger partial charge in [-0.3, -0.25) is 4.79 Å². The molecule has 2 rings (SSSR count). The first-order valence-electron chi connectivity index (χ1n) is 7.02. The summed E-state index contributed by atoms with van der Waals surface area (Å²) in [6.07, 6.45) is 2.84. The molecule has 1 aliphatic rings. The third-order valence-electron chi connectivity index (χ3n) is 3.16. The van der Waals surface area contributed by atoms with Crippen LogP contribution in [0.3, 0.4) is 0 Å². The second-order valence-electron chi connectivity index (χ2n) is 4.91. The molecule has 0 fully saturated rings. The molecule has 0 saturated carbocycles. The SMILES string of the molecule is COCC1OC(Oc2ccc(NC(C)=O)cc2)C=CC1OC. The number of nitrogens with one attached hydrogen (secondary N) is 1. The van der Waals surface area contributed by atoms with E-state index in [2.05, 4.69) is 5.32 Å². The number of hydrogen-bond acceptors (Lipinski definition) is 5. The molecule has 0 saturated heterocycles. The number of carbonyl (C=O) groups is 1. The maximum atomic E-state index is 11.0. The number of methoxy groups -OCH3 is 2. The zero-order valence-electron chi connectivity index (χ0n) is 12.9. The summed E-state index contributed by atoms with van der Waals surface area (Å²) in [5.41, 5.74) is 0.719. The molecule has 1 aromatic carbocycles. The van der Waals surface area contributed by atoms with Crippen LogP contribution in [0.25, 0.3) is 0 Å². The first kappa shape index (κ1) is 16.5. The predicted molar refractivity (Wildman–Crippen MR) is 81.8 cm³/mol. The van der Waals surface area contributed by atoms with Crippen molar-refractivity contribution in [1.82, 2.24) is 0 Å². The summed E-state index contributed by atoms with van der Waals surface area (Å²) in [5, 5.41) is 2.70. The highest BCUT2D eigenvalue weighted by Gasteiger charge is 2.28. The van der Waals surface area contributed by atoms with Gasteiger partial charge in [0, 0.05) is 26.8 Å². The highest BCUT2D eigenvalue weighted by Crippen LogP contribution is 2.21. The fourth-order valence-corrected chi connectivity index (χ4v) is 2.17. The molecule has 3 atom stereocenters. The molecular weight excluding hydrogens is 286 g/mol.